The van der Waals surface area contributed by atoms with Crippen LogP contribution in [-0.4, -0.2) is 10.9 Å². The molecule has 2 aromatic carbocycles. The molecule has 3 N–H and O–H groups in total. The van der Waals surface area contributed by atoms with Gasteiger partial charge in [-0.2, -0.15) is 0 Å². The maximum Gasteiger partial charge on any atom is 0.228 e. The van der Waals surface area contributed by atoms with Gasteiger partial charge in [0.1, 0.15) is 10.8 Å². The summed E-state index contributed by atoms with van der Waals surface area (Å²) in [6.07, 6.45) is 0.115. The lowest BCUT2D eigenvalue weighted by atomic mass is 10.1. The highest BCUT2D eigenvalue weighted by atomic mass is 35.5. The number of carbonyl (C=O) groups excluding carboxylic acids is 1. The van der Waals surface area contributed by atoms with Crippen molar-refractivity contribution in [2.24, 2.45) is 5.73 Å². The fourth-order valence-electron chi connectivity index (χ4n) is 1.76. The summed E-state index contributed by atoms with van der Waals surface area (Å²) in [5.41, 5.74) is 7.06. The van der Waals surface area contributed by atoms with Crippen LogP contribution in [-0.2, 0) is 11.2 Å². The van der Waals surface area contributed by atoms with E-state index in [0.717, 1.165) is 11.1 Å². The van der Waals surface area contributed by atoms with Gasteiger partial charge in [-0.15, -0.1) is 0 Å². The van der Waals surface area contributed by atoms with Crippen molar-refractivity contribution in [3.8, 4) is 0 Å². The normalized spacial score (nSPS) is 10.2. The zero-order valence-electron chi connectivity index (χ0n) is 10.9. The van der Waals surface area contributed by atoms with Crippen molar-refractivity contribution >= 4 is 40.4 Å². The van der Waals surface area contributed by atoms with Gasteiger partial charge in [0.05, 0.1) is 12.1 Å². The van der Waals surface area contributed by atoms with E-state index in [9.17, 15) is 9.18 Å². The molecule has 108 valence electrons. The minimum absolute atomic E-state index is 0.0623. The average Bonchev–Trinajstić information content (AvgIpc) is 2.43. The second-order valence-corrected chi connectivity index (χ2v) is 5.29. The van der Waals surface area contributed by atoms with Crippen molar-refractivity contribution in [3.63, 3.8) is 0 Å². The lowest BCUT2D eigenvalue weighted by molar-refractivity contribution is -0.115. The van der Waals surface area contributed by atoms with E-state index in [0.29, 0.717) is 10.0 Å². The number of rotatable bonds is 4. The van der Waals surface area contributed by atoms with E-state index in [1.54, 1.807) is 24.3 Å². The predicted molar refractivity (Wildman–Crippen MR) is 86.1 cm³/mol. The number of nitrogens with one attached hydrogen (secondary N) is 1. The number of benzene rings is 2. The Morgan fingerprint density at radius 1 is 1.24 bits per heavy atom. The van der Waals surface area contributed by atoms with Gasteiger partial charge in [0.15, 0.2) is 0 Å². The molecule has 3 nitrogen and oxygen atoms in total. The molecule has 6 heteroatoms. The van der Waals surface area contributed by atoms with Crippen LogP contribution in [0.15, 0.2) is 42.5 Å². The second kappa shape index (κ2) is 6.65. The molecular formula is C15H12ClFN2OS. The Labute approximate surface area is 131 Å². The van der Waals surface area contributed by atoms with Gasteiger partial charge < -0.3 is 11.1 Å². The van der Waals surface area contributed by atoms with E-state index >= 15 is 0 Å². The molecule has 0 aliphatic heterocycles. The number of halogens is 2. The van der Waals surface area contributed by atoms with Crippen LogP contribution in [0, 0.1) is 5.82 Å². The predicted octanol–water partition coefficient (Wildman–Crippen LogP) is 3.29. The Balaban J connectivity index is 2.04. The Kier molecular flexibility index (Phi) is 4.88. The number of carbonyl (C=O) groups is 1. The number of nitrogens with two attached hydrogens (primary N) is 1. The number of anilines is 1. The van der Waals surface area contributed by atoms with Crippen LogP contribution in [0.3, 0.4) is 0 Å². The first-order chi connectivity index (χ1) is 9.95. The molecule has 0 unspecified atom stereocenters. The molecule has 2 aromatic rings. The first-order valence-electron chi connectivity index (χ1n) is 6.09. The molecule has 0 atom stereocenters. The summed E-state index contributed by atoms with van der Waals surface area (Å²) in [6, 6.07) is 11.0. The van der Waals surface area contributed by atoms with E-state index in [2.05, 4.69) is 5.32 Å². The minimum Gasteiger partial charge on any atom is -0.389 e. The monoisotopic (exact) mass is 322 g/mol. The maximum absolute atomic E-state index is 13.5. The summed E-state index contributed by atoms with van der Waals surface area (Å²) >= 11 is 10.6. The Morgan fingerprint density at radius 3 is 2.52 bits per heavy atom. The fourth-order valence-corrected chi connectivity index (χ4v) is 2.07. The SMILES string of the molecule is NC(=S)c1ccc(CC(=O)Nc2cc(Cl)ccc2F)cc1. The third kappa shape index (κ3) is 4.24. The van der Waals surface area contributed by atoms with Crippen LogP contribution in [0.2, 0.25) is 5.02 Å². The zero-order valence-corrected chi connectivity index (χ0v) is 12.5. The lowest BCUT2D eigenvalue weighted by Gasteiger charge is -2.07. The van der Waals surface area contributed by atoms with Crippen LogP contribution in [0.25, 0.3) is 0 Å². The molecule has 0 radical (unpaired) electrons. The smallest absolute Gasteiger partial charge is 0.228 e. The summed E-state index contributed by atoms with van der Waals surface area (Å²) in [4.78, 5) is 12.2. The summed E-state index contributed by atoms with van der Waals surface area (Å²) < 4.78 is 13.5. The molecular weight excluding hydrogens is 311 g/mol. The van der Waals surface area contributed by atoms with Gasteiger partial charge in [0.2, 0.25) is 5.91 Å². The van der Waals surface area contributed by atoms with E-state index in [1.807, 2.05) is 0 Å². The molecule has 0 saturated carbocycles. The van der Waals surface area contributed by atoms with E-state index in [-0.39, 0.29) is 18.0 Å². The molecule has 0 aromatic heterocycles. The molecule has 0 heterocycles. The summed E-state index contributed by atoms with van der Waals surface area (Å²) in [6.45, 7) is 0. The van der Waals surface area contributed by atoms with Crippen molar-refractivity contribution in [2.75, 3.05) is 5.32 Å². The van der Waals surface area contributed by atoms with Crippen molar-refractivity contribution < 1.29 is 9.18 Å². The van der Waals surface area contributed by atoms with Gasteiger partial charge in [-0.05, 0) is 23.8 Å². The molecule has 0 aliphatic carbocycles. The van der Waals surface area contributed by atoms with E-state index in [1.165, 1.54) is 18.2 Å². The number of hydrogen-bond acceptors (Lipinski definition) is 2. The summed E-state index contributed by atoms with van der Waals surface area (Å²) in [5.74, 6) is -0.865. The van der Waals surface area contributed by atoms with Gasteiger partial charge in [-0.25, -0.2) is 4.39 Å². The van der Waals surface area contributed by atoms with Crippen LogP contribution in [0.1, 0.15) is 11.1 Å². The van der Waals surface area contributed by atoms with E-state index in [4.69, 9.17) is 29.6 Å². The van der Waals surface area contributed by atoms with Gasteiger partial charge in [-0.1, -0.05) is 48.1 Å². The molecule has 1 amide bonds. The Hall–Kier alpha value is -1.98. The first kappa shape index (κ1) is 15.4. The van der Waals surface area contributed by atoms with Gasteiger partial charge in [0, 0.05) is 10.6 Å². The second-order valence-electron chi connectivity index (χ2n) is 4.41. The highest BCUT2D eigenvalue weighted by Crippen LogP contribution is 2.19. The summed E-state index contributed by atoms with van der Waals surface area (Å²) in [5, 5.41) is 2.84. The number of thiocarbonyl (C=S) groups is 1. The molecule has 0 fully saturated rings. The highest BCUT2D eigenvalue weighted by molar-refractivity contribution is 7.80. The average molecular weight is 323 g/mol. The lowest BCUT2D eigenvalue weighted by Crippen LogP contribution is -2.15. The van der Waals surface area contributed by atoms with Crippen molar-refractivity contribution in [1.29, 1.82) is 0 Å². The number of hydrogen-bond donors (Lipinski definition) is 2. The summed E-state index contributed by atoms with van der Waals surface area (Å²) in [7, 11) is 0. The van der Waals surface area contributed by atoms with Crippen LogP contribution in [0.5, 0.6) is 0 Å². The largest absolute Gasteiger partial charge is 0.389 e. The standard InChI is InChI=1S/C15H12ClFN2OS/c16-11-5-6-12(17)13(8-11)19-14(20)7-9-1-3-10(4-2-9)15(18)21/h1-6,8H,7H2,(H2,18,21)(H,19,20). The first-order valence-corrected chi connectivity index (χ1v) is 6.88. The van der Waals surface area contributed by atoms with Crippen LogP contribution >= 0.6 is 23.8 Å². The van der Waals surface area contributed by atoms with Crippen molar-refractivity contribution in [2.45, 2.75) is 6.42 Å². The van der Waals surface area contributed by atoms with Gasteiger partial charge in [-0.3, -0.25) is 4.79 Å². The molecule has 0 bridgehead atoms. The zero-order chi connectivity index (χ0) is 15.4. The maximum atomic E-state index is 13.5. The van der Waals surface area contributed by atoms with Gasteiger partial charge >= 0.3 is 0 Å². The Morgan fingerprint density at radius 2 is 1.90 bits per heavy atom. The quantitative estimate of drug-likeness (QED) is 0.849. The molecule has 2 rings (SSSR count). The molecule has 0 saturated heterocycles. The third-order valence-electron chi connectivity index (χ3n) is 2.81. The third-order valence-corrected chi connectivity index (χ3v) is 3.28. The molecule has 0 spiro atoms. The van der Waals surface area contributed by atoms with Crippen LogP contribution in [0.4, 0.5) is 10.1 Å². The van der Waals surface area contributed by atoms with Crippen molar-refractivity contribution in [1.82, 2.24) is 0 Å². The van der Waals surface area contributed by atoms with Crippen molar-refractivity contribution in [3.05, 3.63) is 64.4 Å². The van der Waals surface area contributed by atoms with Crippen LogP contribution < -0.4 is 11.1 Å². The minimum atomic E-state index is -0.531. The molecule has 21 heavy (non-hydrogen) atoms. The number of amides is 1. The highest BCUT2D eigenvalue weighted by Gasteiger charge is 2.09. The topological polar surface area (TPSA) is 55.1 Å². The van der Waals surface area contributed by atoms with Gasteiger partial charge in [0.25, 0.3) is 0 Å². The fraction of sp³-hybridized carbons (Fsp3) is 0.0667. The molecule has 0 aliphatic rings. The van der Waals surface area contributed by atoms with E-state index < -0.39 is 5.82 Å². The Bertz CT molecular complexity index is 689.